The number of allylic oxidation sites excluding steroid dienone is 1. The molecule has 0 fully saturated rings. The number of aryl methyl sites for hydroxylation is 1. The normalized spacial score (nSPS) is 13.9. The van der Waals surface area contributed by atoms with Crippen LogP contribution in [0.4, 0.5) is 4.39 Å². The summed E-state index contributed by atoms with van der Waals surface area (Å²) in [6.45, 7) is 1.98. The molecule has 0 atom stereocenters. The molecule has 0 bridgehead atoms. The van der Waals surface area contributed by atoms with Crippen molar-refractivity contribution >= 4 is 17.8 Å². The Bertz CT molecular complexity index is 1110. The summed E-state index contributed by atoms with van der Waals surface area (Å²) in [6, 6.07) is 17.4. The lowest BCUT2D eigenvalue weighted by atomic mass is 10.1. The van der Waals surface area contributed by atoms with Gasteiger partial charge in [-0.05, 0) is 48.9 Å². The number of fused-ring (bicyclic) bond motifs is 1. The fourth-order valence-electron chi connectivity index (χ4n) is 2.83. The van der Waals surface area contributed by atoms with Crippen molar-refractivity contribution < 1.29 is 23.5 Å². The van der Waals surface area contributed by atoms with Crippen LogP contribution in [0.2, 0.25) is 0 Å². The average molecular weight is 374 g/mol. The molecule has 0 saturated carbocycles. The number of hydrogen-bond donors (Lipinski definition) is 0. The summed E-state index contributed by atoms with van der Waals surface area (Å²) in [6.07, 6.45) is 1.67. The van der Waals surface area contributed by atoms with Crippen molar-refractivity contribution in [1.82, 2.24) is 0 Å². The quantitative estimate of drug-likeness (QED) is 0.369. The molecule has 0 radical (unpaired) electrons. The lowest BCUT2D eigenvalue weighted by Gasteiger charge is -2.05. The smallest absolute Gasteiger partial charge is 0.343 e. The SMILES string of the molecule is Cc1ccc(/C=C2\Oc3cc(OC(=O)c4cccc(F)c4)ccc3C2=O)cc1. The summed E-state index contributed by atoms with van der Waals surface area (Å²) < 4.78 is 24.2. The topological polar surface area (TPSA) is 52.6 Å². The first-order chi connectivity index (χ1) is 13.5. The fourth-order valence-corrected chi connectivity index (χ4v) is 2.83. The first kappa shape index (κ1) is 17.7. The summed E-state index contributed by atoms with van der Waals surface area (Å²) in [4.78, 5) is 24.7. The number of carbonyl (C=O) groups is 2. The van der Waals surface area contributed by atoms with Gasteiger partial charge in [0.05, 0.1) is 11.1 Å². The molecule has 5 heteroatoms. The molecule has 0 saturated heterocycles. The molecule has 138 valence electrons. The highest BCUT2D eigenvalue weighted by molar-refractivity contribution is 6.14. The van der Waals surface area contributed by atoms with Crippen LogP contribution >= 0.6 is 0 Å². The van der Waals surface area contributed by atoms with Crippen LogP contribution in [0.25, 0.3) is 6.08 Å². The molecule has 4 rings (SSSR count). The number of carbonyl (C=O) groups excluding carboxylic acids is 2. The maximum absolute atomic E-state index is 13.3. The van der Waals surface area contributed by atoms with Crippen LogP contribution in [-0.2, 0) is 0 Å². The Morgan fingerprint density at radius 3 is 2.57 bits per heavy atom. The van der Waals surface area contributed by atoms with Gasteiger partial charge in [0.15, 0.2) is 5.76 Å². The third-order valence-electron chi connectivity index (χ3n) is 4.29. The van der Waals surface area contributed by atoms with E-state index >= 15 is 0 Å². The van der Waals surface area contributed by atoms with Crippen molar-refractivity contribution in [3.63, 3.8) is 0 Å². The van der Waals surface area contributed by atoms with Gasteiger partial charge in [0.2, 0.25) is 5.78 Å². The van der Waals surface area contributed by atoms with E-state index in [1.54, 1.807) is 12.1 Å². The number of benzene rings is 3. The highest BCUT2D eigenvalue weighted by atomic mass is 19.1. The highest BCUT2D eigenvalue weighted by Gasteiger charge is 2.28. The standard InChI is InChI=1S/C23H15FO4/c1-14-5-7-15(8-6-14)11-21-22(25)19-10-9-18(13-20(19)28-21)27-23(26)16-3-2-4-17(24)12-16/h2-13H,1H3/b21-11-. The van der Waals surface area contributed by atoms with Gasteiger partial charge in [-0.25, -0.2) is 9.18 Å². The Balaban J connectivity index is 1.55. The third-order valence-corrected chi connectivity index (χ3v) is 4.29. The Kier molecular flexibility index (Phi) is 4.49. The fraction of sp³-hybridized carbons (Fsp3) is 0.0435. The molecule has 3 aromatic rings. The first-order valence-electron chi connectivity index (χ1n) is 8.62. The van der Waals surface area contributed by atoms with Crippen LogP contribution in [0.1, 0.15) is 31.8 Å². The van der Waals surface area contributed by atoms with Crippen LogP contribution in [0.3, 0.4) is 0 Å². The monoisotopic (exact) mass is 374 g/mol. The molecular formula is C23H15FO4. The van der Waals surface area contributed by atoms with Gasteiger partial charge in [0.25, 0.3) is 0 Å². The van der Waals surface area contributed by atoms with E-state index in [1.165, 1.54) is 30.3 Å². The van der Waals surface area contributed by atoms with Crippen LogP contribution < -0.4 is 9.47 Å². The number of Topliss-reactive ketones (excluding diaryl/α,β-unsaturated/α-hetero) is 1. The van der Waals surface area contributed by atoms with E-state index < -0.39 is 11.8 Å². The minimum Gasteiger partial charge on any atom is -0.452 e. The maximum atomic E-state index is 13.3. The average Bonchev–Trinajstić information content (AvgIpc) is 2.98. The maximum Gasteiger partial charge on any atom is 0.343 e. The van der Waals surface area contributed by atoms with Crippen molar-refractivity contribution in [2.75, 3.05) is 0 Å². The van der Waals surface area contributed by atoms with E-state index in [9.17, 15) is 14.0 Å². The molecule has 0 N–H and O–H groups in total. The molecule has 0 spiro atoms. The van der Waals surface area contributed by atoms with E-state index in [-0.39, 0.29) is 22.9 Å². The molecule has 0 unspecified atom stereocenters. The van der Waals surface area contributed by atoms with E-state index in [0.29, 0.717) is 11.3 Å². The van der Waals surface area contributed by atoms with Gasteiger partial charge in [-0.2, -0.15) is 0 Å². The zero-order chi connectivity index (χ0) is 19.7. The third kappa shape index (κ3) is 3.55. The van der Waals surface area contributed by atoms with Crippen molar-refractivity contribution in [2.24, 2.45) is 0 Å². The Morgan fingerprint density at radius 1 is 1.04 bits per heavy atom. The van der Waals surface area contributed by atoms with E-state index in [0.717, 1.165) is 17.2 Å². The van der Waals surface area contributed by atoms with E-state index in [4.69, 9.17) is 9.47 Å². The molecule has 28 heavy (non-hydrogen) atoms. The van der Waals surface area contributed by atoms with Gasteiger partial charge in [0.1, 0.15) is 17.3 Å². The van der Waals surface area contributed by atoms with Crippen LogP contribution in [0, 0.1) is 12.7 Å². The Labute approximate surface area is 160 Å². The number of ketones is 1. The molecule has 0 amide bonds. The molecule has 4 nitrogen and oxygen atoms in total. The summed E-state index contributed by atoms with van der Waals surface area (Å²) in [5, 5.41) is 0. The number of ether oxygens (including phenoxy) is 2. The van der Waals surface area contributed by atoms with Crippen molar-refractivity contribution in [1.29, 1.82) is 0 Å². The second-order valence-corrected chi connectivity index (χ2v) is 6.41. The van der Waals surface area contributed by atoms with Crippen LogP contribution in [0.15, 0.2) is 72.5 Å². The Hall–Kier alpha value is -3.73. The van der Waals surface area contributed by atoms with Crippen molar-refractivity contribution in [2.45, 2.75) is 6.92 Å². The van der Waals surface area contributed by atoms with Gasteiger partial charge in [-0.15, -0.1) is 0 Å². The lowest BCUT2D eigenvalue weighted by Crippen LogP contribution is -2.08. The number of esters is 1. The molecular weight excluding hydrogens is 359 g/mol. The Morgan fingerprint density at radius 2 is 1.82 bits per heavy atom. The summed E-state index contributed by atoms with van der Waals surface area (Å²) in [5.41, 5.74) is 2.45. The zero-order valence-corrected chi connectivity index (χ0v) is 14.9. The van der Waals surface area contributed by atoms with Crippen molar-refractivity contribution in [3.8, 4) is 11.5 Å². The van der Waals surface area contributed by atoms with Crippen molar-refractivity contribution in [3.05, 3.63) is 101 Å². The van der Waals surface area contributed by atoms with Gasteiger partial charge in [-0.3, -0.25) is 4.79 Å². The van der Waals surface area contributed by atoms with Gasteiger partial charge >= 0.3 is 5.97 Å². The van der Waals surface area contributed by atoms with E-state index in [1.807, 2.05) is 31.2 Å². The van der Waals surface area contributed by atoms with Crippen LogP contribution in [0.5, 0.6) is 11.5 Å². The van der Waals surface area contributed by atoms with Crippen LogP contribution in [-0.4, -0.2) is 11.8 Å². The minimum absolute atomic E-state index is 0.0949. The number of hydrogen-bond acceptors (Lipinski definition) is 4. The largest absolute Gasteiger partial charge is 0.452 e. The lowest BCUT2D eigenvalue weighted by molar-refractivity contribution is 0.0734. The summed E-state index contributed by atoms with van der Waals surface area (Å²) >= 11 is 0. The predicted octanol–water partition coefficient (Wildman–Crippen LogP) is 4.97. The second-order valence-electron chi connectivity index (χ2n) is 6.41. The minimum atomic E-state index is -0.695. The number of halogens is 1. The van der Waals surface area contributed by atoms with E-state index in [2.05, 4.69) is 0 Å². The molecule has 1 aliphatic rings. The molecule has 1 aliphatic heterocycles. The second kappa shape index (κ2) is 7.12. The molecule has 0 aliphatic carbocycles. The van der Waals surface area contributed by atoms with Gasteiger partial charge < -0.3 is 9.47 Å². The highest BCUT2D eigenvalue weighted by Crippen LogP contribution is 2.35. The predicted molar refractivity (Wildman–Crippen MR) is 102 cm³/mol. The summed E-state index contributed by atoms with van der Waals surface area (Å²) in [5.74, 6) is -0.737. The van der Waals surface area contributed by atoms with Gasteiger partial charge in [-0.1, -0.05) is 35.9 Å². The molecule has 1 heterocycles. The van der Waals surface area contributed by atoms with Gasteiger partial charge in [0, 0.05) is 6.07 Å². The summed E-state index contributed by atoms with van der Waals surface area (Å²) in [7, 11) is 0. The first-order valence-corrected chi connectivity index (χ1v) is 8.62. The molecule has 0 aromatic heterocycles. The zero-order valence-electron chi connectivity index (χ0n) is 14.9. The number of rotatable bonds is 3. The molecule has 3 aromatic carbocycles.